The van der Waals surface area contributed by atoms with E-state index in [1.807, 2.05) is 71.6 Å². The number of methoxy groups -OCH3 is 1. The summed E-state index contributed by atoms with van der Waals surface area (Å²) >= 11 is 0. The molecule has 0 N–H and O–H groups in total. The van der Waals surface area contributed by atoms with Gasteiger partial charge >= 0.3 is 0 Å². The van der Waals surface area contributed by atoms with Crippen LogP contribution in [0.3, 0.4) is 0 Å². The van der Waals surface area contributed by atoms with Gasteiger partial charge in [-0.05, 0) is 35.6 Å². The number of ether oxygens (including phenoxy) is 2. The summed E-state index contributed by atoms with van der Waals surface area (Å²) in [4.78, 5) is 28.8. The van der Waals surface area contributed by atoms with E-state index >= 15 is 0 Å². The number of carbonyl (C=O) groups is 2. The predicted molar refractivity (Wildman–Crippen MR) is 124 cm³/mol. The quantitative estimate of drug-likeness (QED) is 0.573. The Morgan fingerprint density at radius 3 is 2.19 bits per heavy atom. The fraction of sp³-hybridized carbons (Fsp3) is 0.308. The van der Waals surface area contributed by atoms with E-state index in [9.17, 15) is 9.59 Å². The molecule has 6 nitrogen and oxygen atoms in total. The van der Waals surface area contributed by atoms with Crippen LogP contribution in [-0.4, -0.2) is 61.5 Å². The lowest BCUT2D eigenvalue weighted by atomic mass is 10.1. The largest absolute Gasteiger partial charge is 0.497 e. The van der Waals surface area contributed by atoms with Gasteiger partial charge in [-0.2, -0.15) is 0 Å². The first kappa shape index (κ1) is 21.7. The molecular formula is C26H28N2O4. The Hall–Kier alpha value is -3.54. The van der Waals surface area contributed by atoms with Crippen molar-refractivity contribution in [3.05, 3.63) is 72.3 Å². The number of amides is 2. The zero-order chi connectivity index (χ0) is 22.3. The number of nitrogens with zero attached hydrogens (tertiary/aromatic N) is 2. The summed E-state index contributed by atoms with van der Waals surface area (Å²) in [7, 11) is 1.64. The van der Waals surface area contributed by atoms with Crippen molar-refractivity contribution >= 4 is 22.6 Å². The van der Waals surface area contributed by atoms with Gasteiger partial charge in [0.05, 0.1) is 7.11 Å². The molecule has 32 heavy (non-hydrogen) atoms. The third-order valence-corrected chi connectivity index (χ3v) is 5.87. The molecule has 166 valence electrons. The van der Waals surface area contributed by atoms with Crippen molar-refractivity contribution in [1.29, 1.82) is 0 Å². The van der Waals surface area contributed by atoms with E-state index in [0.29, 0.717) is 44.8 Å². The Bertz CT molecular complexity index is 1070. The van der Waals surface area contributed by atoms with Crippen molar-refractivity contribution in [2.75, 3.05) is 39.9 Å². The molecule has 0 unspecified atom stereocenters. The number of rotatable bonds is 7. The van der Waals surface area contributed by atoms with E-state index in [-0.39, 0.29) is 18.4 Å². The zero-order valence-electron chi connectivity index (χ0n) is 18.3. The number of hydrogen-bond donors (Lipinski definition) is 0. The van der Waals surface area contributed by atoms with Gasteiger partial charge in [0.1, 0.15) is 11.5 Å². The number of piperazine rings is 1. The van der Waals surface area contributed by atoms with Gasteiger partial charge in [-0.25, -0.2) is 0 Å². The van der Waals surface area contributed by atoms with Gasteiger partial charge in [0, 0.05) is 38.0 Å². The topological polar surface area (TPSA) is 59.1 Å². The molecule has 4 rings (SSSR count). The fourth-order valence-electron chi connectivity index (χ4n) is 3.96. The summed E-state index contributed by atoms with van der Waals surface area (Å²) in [5, 5.41) is 2.08. The molecule has 0 saturated carbocycles. The number of benzene rings is 3. The van der Waals surface area contributed by atoms with Crippen molar-refractivity contribution in [2.45, 2.75) is 12.8 Å². The molecule has 0 bridgehead atoms. The summed E-state index contributed by atoms with van der Waals surface area (Å²) in [6, 6.07) is 21.6. The van der Waals surface area contributed by atoms with E-state index in [4.69, 9.17) is 9.47 Å². The first-order valence-corrected chi connectivity index (χ1v) is 10.9. The standard InChI is InChI=1S/C26H28N2O4/c1-31-22-12-9-20(10-13-22)11-14-25(29)27-15-17-28(18-16-27)26(30)19-32-24-8-4-6-21-5-2-3-7-23(21)24/h2-10,12-13H,11,14-19H2,1H3. The average molecular weight is 433 g/mol. The highest BCUT2D eigenvalue weighted by Crippen LogP contribution is 2.25. The number of hydrogen-bond acceptors (Lipinski definition) is 4. The maximum Gasteiger partial charge on any atom is 0.260 e. The minimum absolute atomic E-state index is 0.000572. The Morgan fingerprint density at radius 1 is 0.812 bits per heavy atom. The second-order valence-corrected chi connectivity index (χ2v) is 7.88. The van der Waals surface area contributed by atoms with Gasteiger partial charge in [0.15, 0.2) is 6.61 Å². The van der Waals surface area contributed by atoms with Gasteiger partial charge in [0.25, 0.3) is 5.91 Å². The van der Waals surface area contributed by atoms with Crippen molar-refractivity contribution in [3.63, 3.8) is 0 Å². The lowest BCUT2D eigenvalue weighted by molar-refractivity contribution is -0.140. The second kappa shape index (κ2) is 10.2. The number of carbonyl (C=O) groups excluding carboxylic acids is 2. The van der Waals surface area contributed by atoms with Crippen LogP contribution in [0.2, 0.25) is 0 Å². The highest BCUT2D eigenvalue weighted by molar-refractivity contribution is 5.88. The van der Waals surface area contributed by atoms with Crippen molar-refractivity contribution in [2.24, 2.45) is 0 Å². The Balaban J connectivity index is 1.23. The third-order valence-electron chi connectivity index (χ3n) is 5.87. The SMILES string of the molecule is COc1ccc(CCC(=O)N2CCN(C(=O)COc3cccc4ccccc34)CC2)cc1. The Kier molecular flexibility index (Phi) is 6.90. The summed E-state index contributed by atoms with van der Waals surface area (Å²) in [6.45, 7) is 2.18. The molecule has 3 aromatic carbocycles. The molecule has 6 heteroatoms. The van der Waals surface area contributed by atoms with Crippen LogP contribution in [0, 0.1) is 0 Å². The maximum absolute atomic E-state index is 12.6. The van der Waals surface area contributed by atoms with E-state index in [2.05, 4.69) is 0 Å². The maximum atomic E-state index is 12.6. The summed E-state index contributed by atoms with van der Waals surface area (Å²) in [5.41, 5.74) is 1.11. The zero-order valence-corrected chi connectivity index (χ0v) is 18.3. The molecule has 1 aliphatic heterocycles. The third kappa shape index (κ3) is 5.19. The van der Waals surface area contributed by atoms with Crippen LogP contribution in [0.25, 0.3) is 10.8 Å². The van der Waals surface area contributed by atoms with Crippen molar-refractivity contribution in [3.8, 4) is 11.5 Å². The highest BCUT2D eigenvalue weighted by Gasteiger charge is 2.24. The van der Waals surface area contributed by atoms with Gasteiger partial charge in [-0.1, -0.05) is 48.5 Å². The first-order chi connectivity index (χ1) is 15.6. The molecule has 3 aromatic rings. The Labute approximate surface area is 188 Å². The van der Waals surface area contributed by atoms with Gasteiger partial charge in [-0.3, -0.25) is 9.59 Å². The van der Waals surface area contributed by atoms with Crippen LogP contribution in [0.1, 0.15) is 12.0 Å². The smallest absolute Gasteiger partial charge is 0.260 e. The second-order valence-electron chi connectivity index (χ2n) is 7.88. The molecule has 0 aromatic heterocycles. The molecule has 1 fully saturated rings. The molecule has 1 saturated heterocycles. The van der Waals surface area contributed by atoms with Crippen LogP contribution in [0.15, 0.2) is 66.7 Å². The lowest BCUT2D eigenvalue weighted by Crippen LogP contribution is -2.51. The molecular weight excluding hydrogens is 404 g/mol. The van der Waals surface area contributed by atoms with E-state index in [0.717, 1.165) is 22.1 Å². The van der Waals surface area contributed by atoms with Crippen LogP contribution in [0.4, 0.5) is 0 Å². The van der Waals surface area contributed by atoms with E-state index in [1.165, 1.54) is 0 Å². The lowest BCUT2D eigenvalue weighted by Gasteiger charge is -2.34. The van der Waals surface area contributed by atoms with E-state index < -0.39 is 0 Å². The fourth-order valence-corrected chi connectivity index (χ4v) is 3.96. The van der Waals surface area contributed by atoms with Gasteiger partial charge in [-0.15, -0.1) is 0 Å². The minimum Gasteiger partial charge on any atom is -0.497 e. The summed E-state index contributed by atoms with van der Waals surface area (Å²) in [6.07, 6.45) is 1.16. The molecule has 0 radical (unpaired) electrons. The van der Waals surface area contributed by atoms with Crippen molar-refractivity contribution < 1.29 is 19.1 Å². The summed E-state index contributed by atoms with van der Waals surface area (Å²) in [5.74, 6) is 1.59. The molecule has 1 aliphatic rings. The molecule has 1 heterocycles. The molecule has 0 spiro atoms. The van der Waals surface area contributed by atoms with Gasteiger partial charge in [0.2, 0.25) is 5.91 Å². The molecule has 0 aliphatic carbocycles. The van der Waals surface area contributed by atoms with E-state index in [1.54, 1.807) is 12.0 Å². The monoisotopic (exact) mass is 432 g/mol. The summed E-state index contributed by atoms with van der Waals surface area (Å²) < 4.78 is 11.0. The van der Waals surface area contributed by atoms with Crippen LogP contribution in [-0.2, 0) is 16.0 Å². The van der Waals surface area contributed by atoms with Gasteiger partial charge < -0.3 is 19.3 Å². The van der Waals surface area contributed by atoms with Crippen LogP contribution >= 0.6 is 0 Å². The highest BCUT2D eigenvalue weighted by atomic mass is 16.5. The normalized spacial score (nSPS) is 13.8. The van der Waals surface area contributed by atoms with Crippen LogP contribution in [0.5, 0.6) is 11.5 Å². The first-order valence-electron chi connectivity index (χ1n) is 10.9. The molecule has 0 atom stereocenters. The average Bonchev–Trinajstić information content (AvgIpc) is 2.86. The molecule has 2 amide bonds. The van der Waals surface area contributed by atoms with Crippen LogP contribution < -0.4 is 9.47 Å². The number of fused-ring (bicyclic) bond motifs is 1. The predicted octanol–water partition coefficient (Wildman–Crippen LogP) is 3.53. The minimum atomic E-state index is -0.0525. The van der Waals surface area contributed by atoms with Crippen molar-refractivity contribution in [1.82, 2.24) is 9.80 Å². The number of aryl methyl sites for hydroxylation is 1. The Morgan fingerprint density at radius 2 is 1.47 bits per heavy atom.